The number of carbonyl (C=O) groups excluding carboxylic acids is 1. The normalized spacial score (nSPS) is 21.1. The molecule has 0 spiro atoms. The van der Waals surface area contributed by atoms with Crippen LogP contribution in [-0.4, -0.2) is 37.1 Å². The van der Waals surface area contributed by atoms with Crippen LogP contribution in [0.25, 0.3) is 6.08 Å². The van der Waals surface area contributed by atoms with Gasteiger partial charge in [0.25, 0.3) is 5.91 Å². The Morgan fingerprint density at radius 3 is 3.13 bits per heavy atom. The van der Waals surface area contributed by atoms with Gasteiger partial charge in [0, 0.05) is 12.6 Å². The zero-order chi connectivity index (χ0) is 16.2. The van der Waals surface area contributed by atoms with Crippen LogP contribution in [0, 0.1) is 12.8 Å². The van der Waals surface area contributed by atoms with Gasteiger partial charge in [0.2, 0.25) is 0 Å². The highest BCUT2D eigenvalue weighted by Crippen LogP contribution is 2.27. The molecule has 2 heterocycles. The van der Waals surface area contributed by atoms with Crippen molar-refractivity contribution in [3.63, 3.8) is 0 Å². The summed E-state index contributed by atoms with van der Waals surface area (Å²) >= 11 is 0. The van der Waals surface area contributed by atoms with Crippen molar-refractivity contribution < 1.29 is 4.79 Å². The lowest BCUT2D eigenvalue weighted by Crippen LogP contribution is -2.39. The third kappa shape index (κ3) is 3.49. The minimum atomic E-state index is -0.0786. The first kappa shape index (κ1) is 15.5. The molecule has 7 nitrogen and oxygen atoms in total. The van der Waals surface area contributed by atoms with Crippen LogP contribution in [-0.2, 0) is 6.54 Å². The van der Waals surface area contributed by atoms with E-state index in [-0.39, 0.29) is 11.9 Å². The van der Waals surface area contributed by atoms with Crippen LogP contribution >= 0.6 is 0 Å². The molecular formula is C16H22N6O. The lowest BCUT2D eigenvalue weighted by atomic mass is 10.0. The van der Waals surface area contributed by atoms with Crippen LogP contribution in [0.3, 0.4) is 0 Å². The second kappa shape index (κ2) is 6.76. The maximum atomic E-state index is 12.3. The molecule has 0 radical (unpaired) electrons. The average Bonchev–Trinajstić information content (AvgIpc) is 3.23. The van der Waals surface area contributed by atoms with E-state index in [4.69, 9.17) is 0 Å². The standard InChI is InChI=1S/C16H22N6O/c1-3-5-13-10-22(21-19-13)9-12-6-4-7-14(12)18-16(23)15-11(2)8-17-20-15/h3,5,8,10,12,14H,4,6-7,9H2,1-2H3,(H,17,20)(H,18,23)/t12-,14-/m0/s1. The molecule has 7 heteroatoms. The number of aryl methyl sites for hydroxylation is 1. The minimum Gasteiger partial charge on any atom is -0.348 e. The molecule has 0 aliphatic heterocycles. The van der Waals surface area contributed by atoms with E-state index < -0.39 is 0 Å². The van der Waals surface area contributed by atoms with Crippen molar-refractivity contribution in [3.8, 4) is 0 Å². The molecule has 2 aromatic rings. The molecule has 0 unspecified atom stereocenters. The topological polar surface area (TPSA) is 88.5 Å². The number of nitrogens with one attached hydrogen (secondary N) is 2. The maximum absolute atomic E-state index is 12.3. The molecule has 2 atom stereocenters. The van der Waals surface area contributed by atoms with Crippen LogP contribution in [0.15, 0.2) is 18.5 Å². The molecule has 2 N–H and O–H groups in total. The molecule has 23 heavy (non-hydrogen) atoms. The summed E-state index contributed by atoms with van der Waals surface area (Å²) in [7, 11) is 0. The lowest BCUT2D eigenvalue weighted by molar-refractivity contribution is 0.0919. The molecule has 1 saturated carbocycles. The minimum absolute atomic E-state index is 0.0786. The van der Waals surface area contributed by atoms with Crippen LogP contribution in [0.1, 0.15) is 47.9 Å². The maximum Gasteiger partial charge on any atom is 0.269 e. The molecule has 1 fully saturated rings. The second-order valence-electron chi connectivity index (χ2n) is 6.06. The van der Waals surface area contributed by atoms with Crippen molar-refractivity contribution in [1.82, 2.24) is 30.5 Å². The molecule has 1 aliphatic carbocycles. The van der Waals surface area contributed by atoms with Gasteiger partial charge in [-0.3, -0.25) is 14.6 Å². The quantitative estimate of drug-likeness (QED) is 0.882. The van der Waals surface area contributed by atoms with E-state index in [1.807, 2.05) is 36.9 Å². The first-order chi connectivity index (χ1) is 11.2. The molecular weight excluding hydrogens is 292 g/mol. The van der Waals surface area contributed by atoms with E-state index in [0.29, 0.717) is 11.6 Å². The van der Waals surface area contributed by atoms with Crippen LogP contribution in [0.5, 0.6) is 0 Å². The predicted molar refractivity (Wildman–Crippen MR) is 86.6 cm³/mol. The monoisotopic (exact) mass is 314 g/mol. The van der Waals surface area contributed by atoms with E-state index >= 15 is 0 Å². The predicted octanol–water partition coefficient (Wildman–Crippen LogP) is 1.94. The third-order valence-electron chi connectivity index (χ3n) is 4.35. The number of carbonyl (C=O) groups is 1. The summed E-state index contributed by atoms with van der Waals surface area (Å²) in [5, 5.41) is 18.1. The molecule has 1 amide bonds. The third-order valence-corrected chi connectivity index (χ3v) is 4.35. The fraction of sp³-hybridized carbons (Fsp3) is 0.500. The van der Waals surface area contributed by atoms with E-state index in [1.54, 1.807) is 6.20 Å². The highest BCUT2D eigenvalue weighted by atomic mass is 16.2. The summed E-state index contributed by atoms with van der Waals surface area (Å²) in [5.74, 6) is 0.299. The SMILES string of the molecule is CC=Cc1cn(C[C@@H]2CCC[C@@H]2NC(=O)c2[nH]ncc2C)nn1. The number of hydrogen-bond donors (Lipinski definition) is 2. The van der Waals surface area contributed by atoms with Gasteiger partial charge in [-0.25, -0.2) is 0 Å². The highest BCUT2D eigenvalue weighted by molar-refractivity contribution is 5.93. The van der Waals surface area contributed by atoms with Gasteiger partial charge in [-0.1, -0.05) is 17.7 Å². The number of H-pyrrole nitrogens is 1. The second-order valence-corrected chi connectivity index (χ2v) is 6.06. The van der Waals surface area contributed by atoms with Crippen molar-refractivity contribution >= 4 is 12.0 Å². The molecule has 1 aliphatic rings. The molecule has 122 valence electrons. The van der Waals surface area contributed by atoms with Gasteiger partial charge < -0.3 is 5.32 Å². The number of aromatic amines is 1. The van der Waals surface area contributed by atoms with E-state index in [9.17, 15) is 4.79 Å². The summed E-state index contributed by atoms with van der Waals surface area (Å²) < 4.78 is 1.87. The van der Waals surface area contributed by atoms with Crippen molar-refractivity contribution in [2.45, 2.75) is 45.7 Å². The molecule has 0 bridgehead atoms. The zero-order valence-electron chi connectivity index (χ0n) is 13.5. The van der Waals surface area contributed by atoms with E-state index in [0.717, 1.165) is 37.1 Å². The average molecular weight is 314 g/mol. The first-order valence-corrected chi connectivity index (χ1v) is 8.01. The smallest absolute Gasteiger partial charge is 0.269 e. The van der Waals surface area contributed by atoms with Crippen molar-refractivity contribution in [2.75, 3.05) is 0 Å². The Labute approximate surface area is 135 Å². The number of amides is 1. The Balaban J connectivity index is 1.63. The summed E-state index contributed by atoms with van der Waals surface area (Å²) in [6, 6.07) is 0.166. The van der Waals surface area contributed by atoms with Gasteiger partial charge in [0.15, 0.2) is 0 Å². The van der Waals surface area contributed by atoms with Crippen molar-refractivity contribution in [1.29, 1.82) is 0 Å². The van der Waals surface area contributed by atoms with Gasteiger partial charge in [-0.05, 0) is 44.2 Å². The van der Waals surface area contributed by atoms with Gasteiger partial charge in [0.1, 0.15) is 11.4 Å². The number of nitrogens with zero attached hydrogens (tertiary/aromatic N) is 4. The largest absolute Gasteiger partial charge is 0.348 e. The van der Waals surface area contributed by atoms with Crippen LogP contribution in [0.4, 0.5) is 0 Å². The lowest BCUT2D eigenvalue weighted by Gasteiger charge is -2.20. The number of rotatable bonds is 5. The Morgan fingerprint density at radius 1 is 1.52 bits per heavy atom. The Bertz CT molecular complexity index is 701. The summed E-state index contributed by atoms with van der Waals surface area (Å²) in [6.07, 6.45) is 10.7. The van der Waals surface area contributed by atoms with Gasteiger partial charge >= 0.3 is 0 Å². The molecule has 0 aromatic carbocycles. The summed E-state index contributed by atoms with van der Waals surface area (Å²) in [5.41, 5.74) is 2.27. The van der Waals surface area contributed by atoms with Crippen molar-refractivity contribution in [2.24, 2.45) is 5.92 Å². The number of allylic oxidation sites excluding steroid dienone is 1. The summed E-state index contributed by atoms with van der Waals surface area (Å²) in [6.45, 7) is 4.61. The van der Waals surface area contributed by atoms with E-state index in [2.05, 4.69) is 25.8 Å². The Kier molecular flexibility index (Phi) is 4.55. The number of aromatic nitrogens is 5. The van der Waals surface area contributed by atoms with E-state index in [1.165, 1.54) is 0 Å². The number of hydrogen-bond acceptors (Lipinski definition) is 4. The molecule has 0 saturated heterocycles. The van der Waals surface area contributed by atoms with Crippen LogP contribution < -0.4 is 5.32 Å². The van der Waals surface area contributed by atoms with Crippen LogP contribution in [0.2, 0.25) is 0 Å². The zero-order valence-corrected chi connectivity index (χ0v) is 13.5. The van der Waals surface area contributed by atoms with Gasteiger partial charge in [0.05, 0.1) is 12.4 Å². The molecule has 2 aromatic heterocycles. The molecule has 3 rings (SSSR count). The highest BCUT2D eigenvalue weighted by Gasteiger charge is 2.30. The van der Waals surface area contributed by atoms with Crippen molar-refractivity contribution in [3.05, 3.63) is 35.4 Å². The Hall–Kier alpha value is -2.44. The van der Waals surface area contributed by atoms with Gasteiger partial charge in [-0.2, -0.15) is 5.10 Å². The first-order valence-electron chi connectivity index (χ1n) is 8.01. The summed E-state index contributed by atoms with van der Waals surface area (Å²) in [4.78, 5) is 12.3. The Morgan fingerprint density at radius 2 is 2.39 bits per heavy atom. The fourth-order valence-corrected chi connectivity index (χ4v) is 3.15. The fourth-order valence-electron chi connectivity index (χ4n) is 3.15. The van der Waals surface area contributed by atoms with Gasteiger partial charge in [-0.15, -0.1) is 5.10 Å².